The number of carbonyl (C=O) groups is 1. The van der Waals surface area contributed by atoms with Crippen molar-refractivity contribution in [2.75, 3.05) is 26.3 Å². The molecule has 0 saturated carbocycles. The Morgan fingerprint density at radius 1 is 1.22 bits per heavy atom. The summed E-state index contributed by atoms with van der Waals surface area (Å²) < 4.78 is 39.3. The largest absolute Gasteiger partial charge is 0.486 e. The normalized spacial score (nSPS) is 21.2. The van der Waals surface area contributed by atoms with Gasteiger partial charge in [-0.3, -0.25) is 4.79 Å². The van der Waals surface area contributed by atoms with E-state index in [0.29, 0.717) is 43.7 Å². The monoisotopic (exact) mass is 396 g/mol. The van der Waals surface area contributed by atoms with Crippen LogP contribution in [0.1, 0.15) is 33.6 Å². The molecule has 2 heterocycles. The Morgan fingerprint density at radius 3 is 2.59 bits per heavy atom. The molecule has 1 amide bonds. The van der Waals surface area contributed by atoms with E-state index in [4.69, 9.17) is 9.47 Å². The highest BCUT2D eigenvalue weighted by atomic mass is 32.2. The summed E-state index contributed by atoms with van der Waals surface area (Å²) in [4.78, 5) is 14.8. The minimum atomic E-state index is -3.87. The molecule has 1 aromatic carbocycles. The first kappa shape index (κ1) is 19.9. The van der Waals surface area contributed by atoms with E-state index in [1.807, 2.05) is 13.8 Å². The third-order valence-electron chi connectivity index (χ3n) is 5.01. The average molecular weight is 397 g/mol. The van der Waals surface area contributed by atoms with Crippen LogP contribution in [-0.4, -0.2) is 51.6 Å². The van der Waals surface area contributed by atoms with Crippen LogP contribution in [0, 0.1) is 11.8 Å². The number of rotatable bonds is 5. The number of piperidine rings is 1. The van der Waals surface area contributed by atoms with E-state index in [-0.39, 0.29) is 16.7 Å². The van der Waals surface area contributed by atoms with Gasteiger partial charge in [0.25, 0.3) is 0 Å². The van der Waals surface area contributed by atoms with Crippen LogP contribution >= 0.6 is 0 Å². The van der Waals surface area contributed by atoms with E-state index in [2.05, 4.69) is 11.6 Å². The van der Waals surface area contributed by atoms with Crippen molar-refractivity contribution in [2.45, 2.75) is 44.6 Å². The van der Waals surface area contributed by atoms with Gasteiger partial charge in [-0.1, -0.05) is 20.8 Å². The minimum absolute atomic E-state index is 0.0669. The predicted molar refractivity (Wildman–Crippen MR) is 101 cm³/mol. The maximum absolute atomic E-state index is 13.0. The van der Waals surface area contributed by atoms with Crippen molar-refractivity contribution in [1.82, 2.24) is 9.62 Å². The Morgan fingerprint density at radius 2 is 1.93 bits per heavy atom. The number of benzene rings is 1. The summed E-state index contributed by atoms with van der Waals surface area (Å²) in [7, 11) is -3.87. The molecule has 150 valence electrons. The van der Waals surface area contributed by atoms with Gasteiger partial charge in [-0.25, -0.2) is 8.42 Å². The Bertz CT molecular complexity index is 793. The molecule has 7 nitrogen and oxygen atoms in total. The molecule has 0 radical (unpaired) electrons. The Balaban J connectivity index is 1.79. The Kier molecular flexibility index (Phi) is 5.95. The first-order valence-electron chi connectivity index (χ1n) is 9.48. The van der Waals surface area contributed by atoms with Gasteiger partial charge in [-0.05, 0) is 36.8 Å². The number of nitrogens with one attached hydrogen (secondary N) is 1. The first-order valence-corrected chi connectivity index (χ1v) is 11.0. The average Bonchev–Trinajstić information content (AvgIpc) is 2.65. The van der Waals surface area contributed by atoms with Gasteiger partial charge < -0.3 is 14.4 Å². The van der Waals surface area contributed by atoms with Gasteiger partial charge in [0.15, 0.2) is 11.5 Å². The molecule has 2 aliphatic rings. The van der Waals surface area contributed by atoms with Crippen molar-refractivity contribution in [3.05, 3.63) is 18.2 Å². The number of hydrogen-bond acceptors (Lipinski definition) is 5. The fraction of sp³-hybridized carbons (Fsp3) is 0.632. The van der Waals surface area contributed by atoms with Crippen molar-refractivity contribution in [2.24, 2.45) is 11.8 Å². The molecule has 0 aromatic heterocycles. The molecule has 2 aliphatic heterocycles. The van der Waals surface area contributed by atoms with Gasteiger partial charge in [0, 0.05) is 19.2 Å². The minimum Gasteiger partial charge on any atom is -0.486 e. The van der Waals surface area contributed by atoms with Crippen LogP contribution in [0.25, 0.3) is 0 Å². The standard InChI is InChI=1S/C19H28N2O5S/c1-13(2)18(19(22)21-8-4-5-14(3)12-21)20-27(23,24)15-6-7-16-17(11-15)26-10-9-25-16/h6-7,11,13-14,18,20H,4-5,8-10,12H2,1-3H3/t14-,18-/m1/s1. The van der Waals surface area contributed by atoms with Crippen molar-refractivity contribution < 1.29 is 22.7 Å². The lowest BCUT2D eigenvalue weighted by Gasteiger charge is -2.34. The number of nitrogens with zero attached hydrogens (tertiary/aromatic N) is 1. The van der Waals surface area contributed by atoms with E-state index < -0.39 is 16.1 Å². The van der Waals surface area contributed by atoms with E-state index in [1.165, 1.54) is 12.1 Å². The number of carbonyl (C=O) groups excluding carboxylic acids is 1. The highest BCUT2D eigenvalue weighted by molar-refractivity contribution is 7.89. The molecule has 8 heteroatoms. The second-order valence-corrected chi connectivity index (χ2v) is 9.39. The number of ether oxygens (including phenoxy) is 2. The SMILES string of the molecule is CC(C)[C@@H](NS(=O)(=O)c1ccc2c(c1)OCCO2)C(=O)N1CCC[C@@H](C)C1. The predicted octanol–water partition coefficient (Wildman–Crippen LogP) is 2.02. The second kappa shape index (κ2) is 8.06. The maximum atomic E-state index is 13.0. The van der Waals surface area contributed by atoms with Gasteiger partial charge in [0.2, 0.25) is 15.9 Å². The molecule has 0 spiro atoms. The summed E-state index contributed by atoms with van der Waals surface area (Å²) in [6.07, 6.45) is 2.05. The maximum Gasteiger partial charge on any atom is 0.241 e. The van der Waals surface area contributed by atoms with E-state index in [9.17, 15) is 13.2 Å². The number of hydrogen-bond donors (Lipinski definition) is 1. The molecule has 1 aromatic rings. The zero-order valence-electron chi connectivity index (χ0n) is 16.1. The molecule has 0 bridgehead atoms. The van der Waals surface area contributed by atoms with Crippen LogP contribution in [0.2, 0.25) is 0 Å². The number of likely N-dealkylation sites (tertiary alicyclic amines) is 1. The Hall–Kier alpha value is -1.80. The highest BCUT2D eigenvalue weighted by Gasteiger charge is 2.33. The molecule has 1 N–H and O–H groups in total. The van der Waals surface area contributed by atoms with Gasteiger partial charge in [0.05, 0.1) is 4.90 Å². The van der Waals surface area contributed by atoms with Crippen molar-refractivity contribution in [3.8, 4) is 11.5 Å². The summed E-state index contributed by atoms with van der Waals surface area (Å²) in [5, 5.41) is 0. The first-order chi connectivity index (χ1) is 12.8. The third kappa shape index (κ3) is 4.55. The Labute approximate surface area is 161 Å². The topological polar surface area (TPSA) is 84.9 Å². The number of fused-ring (bicyclic) bond motifs is 1. The molecule has 1 fully saturated rings. The summed E-state index contributed by atoms with van der Waals surface area (Å²) in [5.74, 6) is 1.05. The molecule has 0 unspecified atom stereocenters. The lowest BCUT2D eigenvalue weighted by molar-refractivity contribution is -0.135. The van der Waals surface area contributed by atoms with Crippen LogP contribution in [0.4, 0.5) is 0 Å². The summed E-state index contributed by atoms with van der Waals surface area (Å²) in [6, 6.07) is 3.71. The van der Waals surface area contributed by atoms with E-state index >= 15 is 0 Å². The molecular weight excluding hydrogens is 368 g/mol. The fourth-order valence-corrected chi connectivity index (χ4v) is 4.84. The molecular formula is C19H28N2O5S. The van der Waals surface area contributed by atoms with Gasteiger partial charge in [-0.2, -0.15) is 4.72 Å². The van der Waals surface area contributed by atoms with Crippen LogP contribution in [0.15, 0.2) is 23.1 Å². The van der Waals surface area contributed by atoms with Crippen molar-refractivity contribution >= 4 is 15.9 Å². The smallest absolute Gasteiger partial charge is 0.241 e. The van der Waals surface area contributed by atoms with Gasteiger partial charge in [-0.15, -0.1) is 0 Å². The molecule has 2 atom stereocenters. The van der Waals surface area contributed by atoms with Crippen LogP contribution < -0.4 is 14.2 Å². The zero-order chi connectivity index (χ0) is 19.6. The number of sulfonamides is 1. The van der Waals surface area contributed by atoms with E-state index in [1.54, 1.807) is 11.0 Å². The van der Waals surface area contributed by atoms with Crippen LogP contribution in [0.3, 0.4) is 0 Å². The zero-order valence-corrected chi connectivity index (χ0v) is 16.9. The van der Waals surface area contributed by atoms with Gasteiger partial charge in [0.1, 0.15) is 19.3 Å². The highest BCUT2D eigenvalue weighted by Crippen LogP contribution is 2.32. The summed E-state index contributed by atoms with van der Waals surface area (Å²) in [6.45, 7) is 7.99. The van der Waals surface area contributed by atoms with E-state index in [0.717, 1.165) is 12.8 Å². The molecule has 1 saturated heterocycles. The van der Waals surface area contributed by atoms with Crippen molar-refractivity contribution in [1.29, 1.82) is 0 Å². The third-order valence-corrected chi connectivity index (χ3v) is 6.45. The molecule has 0 aliphatic carbocycles. The fourth-order valence-electron chi connectivity index (χ4n) is 3.48. The summed E-state index contributed by atoms with van der Waals surface area (Å²) >= 11 is 0. The quantitative estimate of drug-likeness (QED) is 0.823. The second-order valence-electron chi connectivity index (χ2n) is 7.68. The molecule has 27 heavy (non-hydrogen) atoms. The van der Waals surface area contributed by atoms with Gasteiger partial charge >= 0.3 is 0 Å². The number of amides is 1. The lowest BCUT2D eigenvalue weighted by atomic mass is 9.97. The molecule has 3 rings (SSSR count). The summed E-state index contributed by atoms with van der Waals surface area (Å²) in [5.41, 5.74) is 0. The van der Waals surface area contributed by atoms with Crippen LogP contribution in [0.5, 0.6) is 11.5 Å². The van der Waals surface area contributed by atoms with Crippen LogP contribution in [-0.2, 0) is 14.8 Å². The lowest BCUT2D eigenvalue weighted by Crippen LogP contribution is -2.53. The van der Waals surface area contributed by atoms with Crippen molar-refractivity contribution in [3.63, 3.8) is 0 Å².